The fraction of sp³-hybridized carbons (Fsp3) is 0.559. The number of halogens is 1. The molecule has 2 N–H and O–H groups in total. The van der Waals surface area contributed by atoms with E-state index < -0.39 is 28.3 Å². The van der Waals surface area contributed by atoms with E-state index in [2.05, 4.69) is 9.62 Å². The zero-order chi connectivity index (χ0) is 31.6. The first-order chi connectivity index (χ1) is 21.7. The third-order valence-corrected chi connectivity index (χ3v) is 11.7. The third-order valence-electron chi connectivity index (χ3n) is 9.85. The Balaban J connectivity index is 1.36. The molecule has 2 fully saturated rings. The van der Waals surface area contributed by atoms with Crippen molar-refractivity contribution in [3.05, 3.63) is 70.3 Å². The highest BCUT2D eigenvalue weighted by Crippen LogP contribution is 2.41. The van der Waals surface area contributed by atoms with Gasteiger partial charge < -0.3 is 19.5 Å². The number of carbonyl (C=O) groups excluding carboxylic acids is 1. The quantitative estimate of drug-likeness (QED) is 0.425. The Morgan fingerprint density at radius 2 is 1.93 bits per heavy atom. The number of aliphatic hydroxyl groups is 1. The van der Waals surface area contributed by atoms with Gasteiger partial charge in [0.1, 0.15) is 12.4 Å². The minimum absolute atomic E-state index is 0.108. The number of benzene rings is 2. The van der Waals surface area contributed by atoms with E-state index >= 15 is 0 Å². The third kappa shape index (κ3) is 7.52. The summed E-state index contributed by atoms with van der Waals surface area (Å²) in [6, 6.07) is 10.6. The van der Waals surface area contributed by atoms with Crippen LogP contribution in [-0.4, -0.2) is 68.2 Å². The molecule has 0 unspecified atom stereocenters. The van der Waals surface area contributed by atoms with E-state index in [1.54, 1.807) is 18.2 Å². The van der Waals surface area contributed by atoms with Gasteiger partial charge >= 0.3 is 10.2 Å². The molecule has 1 saturated heterocycles. The lowest BCUT2D eigenvalue weighted by atomic mass is 9.70. The van der Waals surface area contributed by atoms with E-state index in [0.717, 1.165) is 62.7 Å². The Bertz CT molecular complexity index is 1510. The predicted octanol–water partition coefficient (Wildman–Crippen LogP) is 5.25. The van der Waals surface area contributed by atoms with Crippen LogP contribution in [0.4, 0.5) is 5.69 Å². The van der Waals surface area contributed by atoms with E-state index in [1.807, 2.05) is 37.3 Å². The maximum absolute atomic E-state index is 13.7. The minimum atomic E-state index is -4.21. The smallest absolute Gasteiger partial charge is 0.304 e. The van der Waals surface area contributed by atoms with E-state index in [4.69, 9.17) is 21.1 Å². The molecule has 5 atom stereocenters. The van der Waals surface area contributed by atoms with Gasteiger partial charge in [-0.2, -0.15) is 12.7 Å². The van der Waals surface area contributed by atoms with Crippen LogP contribution in [0.15, 0.2) is 48.6 Å². The van der Waals surface area contributed by atoms with Gasteiger partial charge in [-0.15, -0.1) is 0 Å². The Hall–Kier alpha value is -2.63. The molecule has 1 aliphatic carbocycles. The van der Waals surface area contributed by atoms with E-state index in [1.165, 1.54) is 9.87 Å². The lowest BCUT2D eigenvalue weighted by Gasteiger charge is -2.42. The lowest BCUT2D eigenvalue weighted by molar-refractivity contribution is 0.0460. The normalized spacial score (nSPS) is 30.1. The van der Waals surface area contributed by atoms with Crippen LogP contribution >= 0.6 is 11.6 Å². The summed E-state index contributed by atoms with van der Waals surface area (Å²) in [5.74, 6) is 0.328. The van der Waals surface area contributed by atoms with Crippen LogP contribution in [0, 0.1) is 11.8 Å². The number of amides is 1. The molecule has 2 bridgehead atoms. The molecular formula is C34H44ClN3O6S. The minimum Gasteiger partial charge on any atom is -0.487 e. The van der Waals surface area contributed by atoms with Crippen molar-refractivity contribution < 1.29 is 27.8 Å². The number of anilines is 1. The molecule has 45 heavy (non-hydrogen) atoms. The van der Waals surface area contributed by atoms with Crippen LogP contribution in [0.1, 0.15) is 73.4 Å². The number of hydrogen-bond donors (Lipinski definition) is 2. The van der Waals surface area contributed by atoms with Gasteiger partial charge in [0.15, 0.2) is 0 Å². The summed E-state index contributed by atoms with van der Waals surface area (Å²) in [7, 11) is -4.21. The summed E-state index contributed by atoms with van der Waals surface area (Å²) in [5, 5.41) is 11.9. The van der Waals surface area contributed by atoms with Crippen LogP contribution in [0.5, 0.6) is 5.75 Å². The molecule has 3 heterocycles. The summed E-state index contributed by atoms with van der Waals surface area (Å²) < 4.78 is 43.4. The Morgan fingerprint density at radius 3 is 2.71 bits per heavy atom. The van der Waals surface area contributed by atoms with Crippen LogP contribution in [0.2, 0.25) is 5.02 Å². The van der Waals surface area contributed by atoms with Gasteiger partial charge in [-0.1, -0.05) is 29.8 Å². The molecule has 4 aliphatic rings. The summed E-state index contributed by atoms with van der Waals surface area (Å²) >= 11 is 6.32. The summed E-state index contributed by atoms with van der Waals surface area (Å²) in [4.78, 5) is 15.9. The van der Waals surface area contributed by atoms with Gasteiger partial charge in [-0.05, 0) is 112 Å². The van der Waals surface area contributed by atoms with Crippen molar-refractivity contribution in [1.82, 2.24) is 9.03 Å². The average molecular weight is 658 g/mol. The number of fused-ring (bicyclic) bond motifs is 3. The zero-order valence-corrected chi connectivity index (χ0v) is 27.4. The number of aryl methyl sites for hydroxylation is 1. The van der Waals surface area contributed by atoms with Crippen molar-refractivity contribution in [2.75, 3.05) is 31.1 Å². The molecule has 6 rings (SSSR count). The zero-order valence-electron chi connectivity index (χ0n) is 25.9. The Morgan fingerprint density at radius 1 is 1.07 bits per heavy atom. The van der Waals surface area contributed by atoms with Gasteiger partial charge in [0.05, 0.1) is 17.9 Å². The van der Waals surface area contributed by atoms with Gasteiger partial charge in [-0.25, -0.2) is 4.72 Å². The highest BCUT2D eigenvalue weighted by molar-refractivity contribution is 7.87. The fourth-order valence-corrected chi connectivity index (χ4v) is 8.63. The van der Waals surface area contributed by atoms with Crippen LogP contribution < -0.4 is 14.4 Å². The van der Waals surface area contributed by atoms with Gasteiger partial charge in [0, 0.05) is 42.9 Å². The molecule has 11 heteroatoms. The number of hydrogen-bond acceptors (Lipinski definition) is 7. The highest BCUT2D eigenvalue weighted by atomic mass is 35.5. The number of rotatable bonds is 2. The first-order valence-corrected chi connectivity index (χ1v) is 18.1. The molecule has 1 amide bonds. The predicted molar refractivity (Wildman–Crippen MR) is 175 cm³/mol. The van der Waals surface area contributed by atoms with Crippen molar-refractivity contribution in [2.45, 2.75) is 83.1 Å². The van der Waals surface area contributed by atoms with Crippen molar-refractivity contribution >= 4 is 33.4 Å². The molecular weight excluding hydrogens is 614 g/mol. The fourth-order valence-electron chi connectivity index (χ4n) is 7.05. The van der Waals surface area contributed by atoms with Gasteiger partial charge in [0.25, 0.3) is 5.91 Å². The highest BCUT2D eigenvalue weighted by Gasteiger charge is 2.38. The topological polar surface area (TPSA) is 108 Å². The largest absolute Gasteiger partial charge is 0.487 e. The maximum Gasteiger partial charge on any atom is 0.304 e. The van der Waals surface area contributed by atoms with Crippen molar-refractivity contribution in [3.8, 4) is 5.75 Å². The second-order valence-electron chi connectivity index (χ2n) is 12.9. The molecule has 3 aliphatic heterocycles. The Kier molecular flexibility index (Phi) is 10.1. The van der Waals surface area contributed by atoms with Gasteiger partial charge in [0.2, 0.25) is 0 Å². The first-order valence-electron chi connectivity index (χ1n) is 16.3. The first kappa shape index (κ1) is 32.3. The Labute approximate surface area is 271 Å². The summed E-state index contributed by atoms with van der Waals surface area (Å²) in [6.45, 7) is 4.37. The maximum atomic E-state index is 13.7. The van der Waals surface area contributed by atoms with Crippen LogP contribution in [0.25, 0.3) is 0 Å². The van der Waals surface area contributed by atoms with E-state index in [0.29, 0.717) is 37.0 Å². The van der Waals surface area contributed by atoms with Crippen LogP contribution in [-0.2, 0) is 28.0 Å². The summed E-state index contributed by atoms with van der Waals surface area (Å²) in [5.41, 5.74) is 3.23. The molecule has 0 radical (unpaired) electrons. The molecule has 0 aromatic heterocycles. The number of nitrogens with one attached hydrogen (secondary N) is 1. The molecule has 1 saturated carbocycles. The van der Waals surface area contributed by atoms with Crippen LogP contribution in [0.3, 0.4) is 0 Å². The number of ether oxygens (including phenoxy) is 2. The number of carbonyl (C=O) groups is 1. The monoisotopic (exact) mass is 657 g/mol. The van der Waals surface area contributed by atoms with E-state index in [-0.39, 0.29) is 30.0 Å². The second-order valence-corrected chi connectivity index (χ2v) is 15.0. The van der Waals surface area contributed by atoms with Crippen molar-refractivity contribution in [2.24, 2.45) is 11.8 Å². The second kappa shape index (κ2) is 14.0. The van der Waals surface area contributed by atoms with Gasteiger partial charge in [-0.3, -0.25) is 4.79 Å². The molecule has 9 nitrogen and oxygen atoms in total. The van der Waals surface area contributed by atoms with E-state index in [9.17, 15) is 18.3 Å². The lowest BCUT2D eigenvalue weighted by Crippen LogP contribution is -2.50. The summed E-state index contributed by atoms with van der Waals surface area (Å²) in [6.07, 6.45) is 9.59. The molecule has 0 spiro atoms. The average Bonchev–Trinajstić information content (AvgIpc) is 3.50. The SMILES string of the molecule is C[C@H]1C/C=C\[C@H](O)[C@@H]2CC[C@H]2CN2CCCCc3cc(Cl)ccc3COc3ccc(cc32)C(=O)NS(=O)(=O)N1C[C@H]1CCCO1. The molecule has 2 aromatic carbocycles. The van der Waals surface area contributed by atoms with Crippen molar-refractivity contribution in [3.63, 3.8) is 0 Å². The number of aliphatic hydroxyl groups excluding tert-OH is 1. The molecule has 244 valence electrons. The number of nitrogens with zero attached hydrogens (tertiary/aromatic N) is 2. The molecule has 2 aromatic rings. The van der Waals surface area contributed by atoms with Crippen molar-refractivity contribution in [1.29, 1.82) is 0 Å². The standard InChI is InChI=1S/C34H44ClN3O6S/c1-23-6-4-9-32(39)30-14-11-26(30)20-37-16-3-2-7-24-18-28(35)13-10-27(24)22-44-33-15-12-25(19-31(33)37)34(40)36-45(41,42)38(23)21-29-8-5-17-43-29/h4,9-10,12-13,15,18-19,23,26,29-30,32,39H,2-3,5-8,11,14,16-17,20-22H2,1H3,(H,36,40)/b9-4-/t23-,26-,29+,30+,32-/m0/s1.